The first-order valence-corrected chi connectivity index (χ1v) is 7.71. The van der Waals surface area contributed by atoms with Crippen LogP contribution in [0.3, 0.4) is 0 Å². The fourth-order valence-corrected chi connectivity index (χ4v) is 2.78. The second-order valence-corrected chi connectivity index (χ2v) is 5.77. The Morgan fingerprint density at radius 2 is 2.22 bits per heavy atom. The van der Waals surface area contributed by atoms with Gasteiger partial charge in [-0.1, -0.05) is 6.07 Å². The van der Waals surface area contributed by atoms with Gasteiger partial charge in [0, 0.05) is 43.5 Å². The first-order valence-electron chi connectivity index (χ1n) is 7.71. The van der Waals surface area contributed by atoms with Gasteiger partial charge in [-0.05, 0) is 24.1 Å². The Labute approximate surface area is 134 Å². The predicted octanol–water partition coefficient (Wildman–Crippen LogP) is 2.27. The summed E-state index contributed by atoms with van der Waals surface area (Å²) in [6.07, 6.45) is 8.16. The molecule has 3 rings (SSSR count). The van der Waals surface area contributed by atoms with Crippen LogP contribution in [0.15, 0.2) is 28.4 Å². The monoisotopic (exact) mass is 310 g/mol. The summed E-state index contributed by atoms with van der Waals surface area (Å²) >= 11 is 0. The van der Waals surface area contributed by atoms with E-state index in [4.69, 9.17) is 6.42 Å². The Hall–Kier alpha value is -2.68. The highest BCUT2D eigenvalue weighted by Crippen LogP contribution is 2.37. The SMILES string of the molecule is C#CCCC1(CCC(=O)Nc2cccc3c2CCNC3=O)N=N1. The molecule has 2 N–H and O–H groups in total. The second kappa shape index (κ2) is 6.21. The summed E-state index contributed by atoms with van der Waals surface area (Å²) in [5.41, 5.74) is 1.79. The minimum absolute atomic E-state index is 0.0915. The van der Waals surface area contributed by atoms with E-state index in [-0.39, 0.29) is 11.8 Å². The van der Waals surface area contributed by atoms with Gasteiger partial charge >= 0.3 is 0 Å². The van der Waals surface area contributed by atoms with Gasteiger partial charge < -0.3 is 10.6 Å². The van der Waals surface area contributed by atoms with Gasteiger partial charge in [-0.2, -0.15) is 10.2 Å². The lowest BCUT2D eigenvalue weighted by molar-refractivity contribution is -0.116. The van der Waals surface area contributed by atoms with Crippen LogP contribution < -0.4 is 10.6 Å². The van der Waals surface area contributed by atoms with Crippen molar-refractivity contribution in [2.24, 2.45) is 10.2 Å². The Bertz CT molecular complexity index is 712. The summed E-state index contributed by atoms with van der Waals surface area (Å²) in [6, 6.07) is 5.38. The maximum absolute atomic E-state index is 12.2. The van der Waals surface area contributed by atoms with E-state index in [9.17, 15) is 9.59 Å². The Kier molecular flexibility index (Phi) is 4.11. The molecule has 1 aromatic rings. The number of anilines is 1. The zero-order valence-electron chi connectivity index (χ0n) is 12.8. The summed E-state index contributed by atoms with van der Waals surface area (Å²) in [4.78, 5) is 24.0. The van der Waals surface area contributed by atoms with Crippen LogP contribution in [0.2, 0.25) is 0 Å². The van der Waals surface area contributed by atoms with E-state index in [0.717, 1.165) is 5.56 Å². The smallest absolute Gasteiger partial charge is 0.251 e. The molecular weight excluding hydrogens is 292 g/mol. The number of hydrogen-bond acceptors (Lipinski definition) is 4. The quantitative estimate of drug-likeness (QED) is 0.790. The van der Waals surface area contributed by atoms with Crippen LogP contribution in [-0.4, -0.2) is 24.0 Å². The number of terminal acetylenes is 1. The molecule has 0 aromatic heterocycles. The molecule has 2 aliphatic heterocycles. The maximum Gasteiger partial charge on any atom is 0.251 e. The van der Waals surface area contributed by atoms with Gasteiger partial charge in [0.05, 0.1) is 0 Å². The van der Waals surface area contributed by atoms with Crippen LogP contribution in [0, 0.1) is 12.3 Å². The molecule has 2 amide bonds. The van der Waals surface area contributed by atoms with Gasteiger partial charge in [-0.15, -0.1) is 12.3 Å². The summed E-state index contributed by atoms with van der Waals surface area (Å²) in [5, 5.41) is 13.8. The zero-order chi connectivity index (χ0) is 16.3. The van der Waals surface area contributed by atoms with Crippen LogP contribution in [0.4, 0.5) is 5.69 Å². The van der Waals surface area contributed by atoms with E-state index < -0.39 is 5.66 Å². The van der Waals surface area contributed by atoms with E-state index in [0.29, 0.717) is 49.9 Å². The first-order chi connectivity index (χ1) is 11.1. The predicted molar refractivity (Wildman–Crippen MR) is 86.0 cm³/mol. The highest BCUT2D eigenvalue weighted by atomic mass is 16.2. The Morgan fingerprint density at radius 3 is 2.96 bits per heavy atom. The van der Waals surface area contributed by atoms with Crippen molar-refractivity contribution in [3.8, 4) is 12.3 Å². The van der Waals surface area contributed by atoms with Gasteiger partial charge in [0.1, 0.15) is 0 Å². The largest absolute Gasteiger partial charge is 0.352 e. The fourth-order valence-electron chi connectivity index (χ4n) is 2.78. The van der Waals surface area contributed by atoms with Crippen molar-refractivity contribution in [1.29, 1.82) is 0 Å². The van der Waals surface area contributed by atoms with Gasteiger partial charge in [0.2, 0.25) is 5.91 Å². The third kappa shape index (κ3) is 3.39. The van der Waals surface area contributed by atoms with Gasteiger partial charge in [-0.25, -0.2) is 0 Å². The Balaban J connectivity index is 1.60. The normalized spacial score (nSPS) is 16.9. The average molecular weight is 310 g/mol. The number of nitrogens with one attached hydrogen (secondary N) is 2. The lowest BCUT2D eigenvalue weighted by Crippen LogP contribution is -2.32. The molecule has 1 aromatic carbocycles. The number of nitrogens with zero attached hydrogens (tertiary/aromatic N) is 2. The third-order valence-corrected chi connectivity index (χ3v) is 4.16. The van der Waals surface area contributed by atoms with Crippen molar-refractivity contribution >= 4 is 17.5 Å². The summed E-state index contributed by atoms with van der Waals surface area (Å²) < 4.78 is 0. The van der Waals surface area contributed by atoms with E-state index in [1.807, 2.05) is 6.07 Å². The fraction of sp³-hybridized carbons (Fsp3) is 0.412. The van der Waals surface area contributed by atoms with Gasteiger partial charge in [0.15, 0.2) is 5.66 Å². The zero-order valence-corrected chi connectivity index (χ0v) is 12.8. The molecule has 0 spiro atoms. The molecule has 0 aliphatic carbocycles. The molecule has 0 unspecified atom stereocenters. The number of rotatable bonds is 6. The molecule has 0 saturated carbocycles. The van der Waals surface area contributed by atoms with Crippen molar-refractivity contribution in [2.45, 2.75) is 37.8 Å². The molecule has 23 heavy (non-hydrogen) atoms. The maximum atomic E-state index is 12.2. The minimum atomic E-state index is -0.445. The van der Waals surface area contributed by atoms with Crippen LogP contribution in [0.25, 0.3) is 0 Å². The molecule has 2 heterocycles. The molecule has 0 radical (unpaired) electrons. The number of hydrogen-bond donors (Lipinski definition) is 2. The molecule has 0 bridgehead atoms. The van der Waals surface area contributed by atoms with E-state index in [1.165, 1.54) is 0 Å². The molecule has 0 atom stereocenters. The summed E-state index contributed by atoms with van der Waals surface area (Å²) in [5.74, 6) is 2.38. The van der Waals surface area contributed by atoms with Crippen molar-refractivity contribution in [3.05, 3.63) is 29.3 Å². The molecule has 0 fully saturated rings. The van der Waals surface area contributed by atoms with Crippen LogP contribution >= 0.6 is 0 Å². The molecular formula is C17H18N4O2. The number of fused-ring (bicyclic) bond motifs is 1. The van der Waals surface area contributed by atoms with Crippen molar-refractivity contribution in [2.75, 3.05) is 11.9 Å². The van der Waals surface area contributed by atoms with Crippen molar-refractivity contribution < 1.29 is 9.59 Å². The van der Waals surface area contributed by atoms with E-state index >= 15 is 0 Å². The number of benzene rings is 1. The highest BCUT2D eigenvalue weighted by Gasteiger charge is 2.39. The van der Waals surface area contributed by atoms with E-state index in [1.54, 1.807) is 12.1 Å². The number of carbonyl (C=O) groups excluding carboxylic acids is 2. The van der Waals surface area contributed by atoms with Crippen LogP contribution in [-0.2, 0) is 11.2 Å². The molecule has 6 heteroatoms. The van der Waals surface area contributed by atoms with Gasteiger partial charge in [-0.3, -0.25) is 9.59 Å². The standard InChI is InChI=1S/C17H18N4O2/c1-2-3-9-17(20-21-17)10-7-15(22)19-14-6-4-5-13-12(14)8-11-18-16(13)23/h1,4-6H,3,7-11H2,(H,18,23)(H,19,22). The molecule has 0 saturated heterocycles. The van der Waals surface area contributed by atoms with Crippen molar-refractivity contribution in [1.82, 2.24) is 5.32 Å². The molecule has 2 aliphatic rings. The van der Waals surface area contributed by atoms with E-state index in [2.05, 4.69) is 26.8 Å². The number of carbonyl (C=O) groups is 2. The number of amides is 2. The van der Waals surface area contributed by atoms with Crippen LogP contribution in [0.1, 0.15) is 41.6 Å². The van der Waals surface area contributed by atoms with Crippen LogP contribution in [0.5, 0.6) is 0 Å². The average Bonchev–Trinajstić information content (AvgIpc) is 3.33. The summed E-state index contributed by atoms with van der Waals surface area (Å²) in [6.45, 7) is 0.589. The molecule has 118 valence electrons. The van der Waals surface area contributed by atoms with Gasteiger partial charge in [0.25, 0.3) is 5.91 Å². The first kappa shape index (κ1) is 15.2. The molecule has 6 nitrogen and oxygen atoms in total. The highest BCUT2D eigenvalue weighted by molar-refractivity contribution is 6.00. The summed E-state index contributed by atoms with van der Waals surface area (Å²) in [7, 11) is 0. The lowest BCUT2D eigenvalue weighted by Gasteiger charge is -2.20. The second-order valence-electron chi connectivity index (χ2n) is 5.77. The topological polar surface area (TPSA) is 82.9 Å². The van der Waals surface area contributed by atoms with Crippen molar-refractivity contribution in [3.63, 3.8) is 0 Å². The Morgan fingerprint density at radius 1 is 1.39 bits per heavy atom. The lowest BCUT2D eigenvalue weighted by atomic mass is 9.98. The third-order valence-electron chi connectivity index (χ3n) is 4.16. The minimum Gasteiger partial charge on any atom is -0.352 e.